The van der Waals surface area contributed by atoms with Gasteiger partial charge in [-0.25, -0.2) is 0 Å². The Bertz CT molecular complexity index is 1120. The predicted octanol–water partition coefficient (Wildman–Crippen LogP) is 1.29. The molecule has 11 heteroatoms. The first-order valence-electron chi connectivity index (χ1n) is 9.75. The number of rotatable bonds is 8. The highest BCUT2D eigenvalue weighted by molar-refractivity contribution is 5.98. The third-order valence-electron chi connectivity index (χ3n) is 4.54. The van der Waals surface area contributed by atoms with E-state index in [4.69, 9.17) is 14.2 Å². The van der Waals surface area contributed by atoms with Crippen molar-refractivity contribution in [2.75, 3.05) is 27.9 Å². The third-order valence-corrected chi connectivity index (χ3v) is 4.54. The highest BCUT2D eigenvalue weighted by Crippen LogP contribution is 2.38. The number of ether oxygens (including phenoxy) is 3. The van der Waals surface area contributed by atoms with E-state index in [1.54, 1.807) is 6.07 Å². The molecule has 0 radical (unpaired) electrons. The van der Waals surface area contributed by atoms with E-state index < -0.39 is 17.7 Å². The summed E-state index contributed by atoms with van der Waals surface area (Å²) in [5, 5.41) is 9.15. The first-order valence-corrected chi connectivity index (χ1v) is 9.75. The molecule has 2 aromatic carbocycles. The Labute approximate surface area is 189 Å². The van der Waals surface area contributed by atoms with Gasteiger partial charge in [-0.3, -0.25) is 30.3 Å². The van der Waals surface area contributed by atoms with Gasteiger partial charge in [0.1, 0.15) is 5.69 Å². The zero-order chi connectivity index (χ0) is 23.8. The van der Waals surface area contributed by atoms with Crippen LogP contribution in [0.3, 0.4) is 0 Å². The molecular weight excluding hydrogens is 430 g/mol. The Hall–Kier alpha value is -4.54. The summed E-state index contributed by atoms with van der Waals surface area (Å²) in [4.78, 5) is 36.7. The van der Waals surface area contributed by atoms with Crippen molar-refractivity contribution in [1.82, 2.24) is 26.4 Å². The number of methoxy groups -OCH3 is 3. The van der Waals surface area contributed by atoms with Crippen molar-refractivity contribution in [3.05, 3.63) is 59.8 Å². The fourth-order valence-electron chi connectivity index (χ4n) is 2.91. The van der Waals surface area contributed by atoms with Crippen molar-refractivity contribution in [3.8, 4) is 28.5 Å². The quantitative estimate of drug-likeness (QED) is 0.376. The monoisotopic (exact) mass is 453 g/mol. The maximum Gasteiger partial charge on any atom is 0.287 e. The highest BCUT2D eigenvalue weighted by atomic mass is 16.5. The van der Waals surface area contributed by atoms with Crippen LogP contribution in [0.2, 0.25) is 0 Å². The van der Waals surface area contributed by atoms with Gasteiger partial charge in [-0.1, -0.05) is 30.3 Å². The van der Waals surface area contributed by atoms with E-state index >= 15 is 0 Å². The third kappa shape index (κ3) is 5.58. The Morgan fingerprint density at radius 2 is 1.55 bits per heavy atom. The second kappa shape index (κ2) is 10.7. The molecule has 0 atom stereocenters. The number of benzene rings is 2. The van der Waals surface area contributed by atoms with Crippen LogP contribution in [0, 0.1) is 0 Å². The number of carbonyl (C=O) groups is 3. The number of carbonyl (C=O) groups excluding carboxylic acids is 3. The van der Waals surface area contributed by atoms with Gasteiger partial charge in [0, 0.05) is 11.1 Å². The van der Waals surface area contributed by atoms with Crippen LogP contribution in [0.1, 0.15) is 20.8 Å². The Morgan fingerprint density at radius 3 is 2.15 bits per heavy atom. The van der Waals surface area contributed by atoms with Crippen LogP contribution in [-0.2, 0) is 4.79 Å². The lowest BCUT2D eigenvalue weighted by atomic mass is 10.1. The molecule has 3 amide bonds. The summed E-state index contributed by atoms with van der Waals surface area (Å²) in [5.74, 6) is -0.828. The molecule has 0 bridgehead atoms. The van der Waals surface area contributed by atoms with Crippen LogP contribution in [0.5, 0.6) is 17.2 Å². The normalized spacial score (nSPS) is 10.2. The van der Waals surface area contributed by atoms with Crippen molar-refractivity contribution in [1.29, 1.82) is 0 Å². The van der Waals surface area contributed by atoms with Crippen molar-refractivity contribution < 1.29 is 28.6 Å². The van der Waals surface area contributed by atoms with E-state index in [2.05, 4.69) is 26.4 Å². The summed E-state index contributed by atoms with van der Waals surface area (Å²) < 4.78 is 15.6. The standard InChI is InChI=1S/C22H23N5O6/c1-31-17-9-14(10-18(32-2)20(17)33-3)21(29)23-12-19(28)26-27-22(30)16-11-15(24-25-16)13-7-5-4-6-8-13/h4-11H,12H2,1-3H3,(H,23,29)(H,24,25)(H,26,28)(H,27,30). The van der Waals surface area contributed by atoms with E-state index in [0.717, 1.165) is 5.56 Å². The molecule has 0 unspecified atom stereocenters. The average Bonchev–Trinajstić information content (AvgIpc) is 3.35. The van der Waals surface area contributed by atoms with E-state index in [0.29, 0.717) is 22.9 Å². The van der Waals surface area contributed by atoms with Gasteiger partial charge >= 0.3 is 0 Å². The van der Waals surface area contributed by atoms with E-state index in [-0.39, 0.29) is 17.8 Å². The summed E-state index contributed by atoms with van der Waals surface area (Å²) in [5.41, 5.74) is 6.28. The van der Waals surface area contributed by atoms with Gasteiger partial charge in [0.15, 0.2) is 11.5 Å². The van der Waals surface area contributed by atoms with Gasteiger partial charge in [0.2, 0.25) is 5.75 Å². The molecule has 3 aromatic rings. The number of hydrogen-bond donors (Lipinski definition) is 4. The molecule has 172 valence electrons. The van der Waals surface area contributed by atoms with Gasteiger partial charge in [-0.15, -0.1) is 0 Å². The minimum Gasteiger partial charge on any atom is -0.493 e. The Morgan fingerprint density at radius 1 is 0.879 bits per heavy atom. The number of aromatic amines is 1. The summed E-state index contributed by atoms with van der Waals surface area (Å²) >= 11 is 0. The van der Waals surface area contributed by atoms with Gasteiger partial charge in [-0.2, -0.15) is 5.10 Å². The molecule has 11 nitrogen and oxygen atoms in total. The Kier molecular flexibility index (Phi) is 7.47. The number of nitrogens with one attached hydrogen (secondary N) is 4. The lowest BCUT2D eigenvalue weighted by molar-refractivity contribution is -0.120. The molecule has 0 saturated carbocycles. The van der Waals surface area contributed by atoms with Crippen LogP contribution in [0.25, 0.3) is 11.3 Å². The van der Waals surface area contributed by atoms with E-state index in [1.807, 2.05) is 30.3 Å². The summed E-state index contributed by atoms with van der Waals surface area (Å²) in [6, 6.07) is 13.8. The second-order valence-electron chi connectivity index (χ2n) is 6.63. The molecule has 0 saturated heterocycles. The number of H-pyrrole nitrogens is 1. The molecule has 0 aliphatic carbocycles. The molecule has 4 N–H and O–H groups in total. The van der Waals surface area contributed by atoms with Gasteiger partial charge < -0.3 is 19.5 Å². The zero-order valence-corrected chi connectivity index (χ0v) is 18.2. The largest absolute Gasteiger partial charge is 0.493 e. The fraction of sp³-hybridized carbons (Fsp3) is 0.182. The molecule has 0 fully saturated rings. The number of aromatic nitrogens is 2. The molecule has 1 heterocycles. The fourth-order valence-corrected chi connectivity index (χ4v) is 2.91. The molecule has 33 heavy (non-hydrogen) atoms. The second-order valence-corrected chi connectivity index (χ2v) is 6.63. The van der Waals surface area contributed by atoms with E-state index in [9.17, 15) is 14.4 Å². The van der Waals surface area contributed by atoms with Crippen LogP contribution in [0.4, 0.5) is 0 Å². The van der Waals surface area contributed by atoms with Crippen LogP contribution in [0.15, 0.2) is 48.5 Å². The SMILES string of the molecule is COc1cc(C(=O)NCC(=O)NNC(=O)c2cc(-c3ccccc3)n[nH]2)cc(OC)c1OC. The van der Waals surface area contributed by atoms with E-state index in [1.165, 1.54) is 33.5 Å². The van der Waals surface area contributed by atoms with Crippen LogP contribution in [-0.4, -0.2) is 55.8 Å². The summed E-state index contributed by atoms with van der Waals surface area (Å²) in [6.07, 6.45) is 0. The first-order chi connectivity index (χ1) is 16.0. The summed E-state index contributed by atoms with van der Waals surface area (Å²) in [6.45, 7) is -0.381. The van der Waals surface area contributed by atoms with Crippen LogP contribution >= 0.6 is 0 Å². The smallest absolute Gasteiger partial charge is 0.287 e. The van der Waals surface area contributed by atoms with Crippen molar-refractivity contribution in [2.45, 2.75) is 0 Å². The molecule has 0 aliphatic heterocycles. The molecule has 3 rings (SSSR count). The van der Waals surface area contributed by atoms with Gasteiger partial charge in [0.25, 0.3) is 17.7 Å². The lowest BCUT2D eigenvalue weighted by Gasteiger charge is -2.14. The van der Waals surface area contributed by atoms with Crippen molar-refractivity contribution >= 4 is 17.7 Å². The number of hydrogen-bond acceptors (Lipinski definition) is 7. The lowest BCUT2D eigenvalue weighted by Crippen LogP contribution is -2.46. The van der Waals surface area contributed by atoms with Crippen LogP contribution < -0.4 is 30.4 Å². The van der Waals surface area contributed by atoms with Gasteiger partial charge in [-0.05, 0) is 18.2 Å². The highest BCUT2D eigenvalue weighted by Gasteiger charge is 2.18. The minimum absolute atomic E-state index is 0.163. The Balaban J connectivity index is 1.53. The minimum atomic E-state index is -0.632. The van der Waals surface area contributed by atoms with Gasteiger partial charge in [0.05, 0.1) is 33.6 Å². The zero-order valence-electron chi connectivity index (χ0n) is 18.2. The topological polar surface area (TPSA) is 144 Å². The molecular formula is C22H23N5O6. The molecule has 1 aromatic heterocycles. The maximum absolute atomic E-state index is 12.4. The average molecular weight is 453 g/mol. The number of amides is 3. The van der Waals surface area contributed by atoms with Crippen molar-refractivity contribution in [3.63, 3.8) is 0 Å². The molecule has 0 spiro atoms. The number of hydrazine groups is 1. The predicted molar refractivity (Wildman–Crippen MR) is 118 cm³/mol. The first kappa shape index (κ1) is 23.1. The number of nitrogens with zero attached hydrogens (tertiary/aromatic N) is 1. The summed E-state index contributed by atoms with van der Waals surface area (Å²) in [7, 11) is 4.31. The van der Waals surface area contributed by atoms with Crippen molar-refractivity contribution in [2.24, 2.45) is 0 Å². The maximum atomic E-state index is 12.4. The molecule has 0 aliphatic rings.